The van der Waals surface area contributed by atoms with Gasteiger partial charge in [0, 0.05) is 18.9 Å². The maximum Gasteiger partial charge on any atom is 0.282 e. The Balaban J connectivity index is 0.000000200. The van der Waals surface area contributed by atoms with E-state index in [0.717, 1.165) is 0 Å². The van der Waals surface area contributed by atoms with Gasteiger partial charge in [0.2, 0.25) is 0 Å². The summed E-state index contributed by atoms with van der Waals surface area (Å²) in [5, 5.41) is 10.2. The van der Waals surface area contributed by atoms with Crippen LogP contribution in [-0.2, 0) is 9.59 Å². The normalized spacial score (nSPS) is 17.1. The molecule has 0 saturated heterocycles. The first kappa shape index (κ1) is 16.7. The number of nitro benzene ring substituents is 1. The topological polar surface area (TPSA) is 77.3 Å². The van der Waals surface area contributed by atoms with Crippen LogP contribution in [0, 0.1) is 19.1 Å². The first-order valence-corrected chi connectivity index (χ1v) is 7.21. The minimum Gasteiger partial charge on any atom is -0.299 e. The Morgan fingerprint density at radius 1 is 1.15 bits per heavy atom. The van der Waals surface area contributed by atoms with E-state index >= 15 is 0 Å². The number of hydrogen-bond donors (Lipinski definition) is 0. The third kappa shape index (κ3) is 5.36. The number of nitrogens with zero attached hydrogens (tertiary/aromatic N) is 1. The highest BCUT2D eigenvalue weighted by Crippen LogP contribution is 2.30. The first-order valence-electron chi connectivity index (χ1n) is 6.13. The van der Waals surface area contributed by atoms with E-state index in [1.54, 1.807) is 18.2 Å². The van der Waals surface area contributed by atoms with Crippen molar-refractivity contribution in [3.8, 4) is 0 Å². The molecule has 108 valence electrons. The molecule has 2 rings (SSSR count). The molecule has 1 aromatic carbocycles. The molecule has 5 nitrogen and oxygen atoms in total. The standard InChI is InChI=1S/C8H12O2.C6H4INO2/c1-8(2)4-6(9)3-7(10)5-8;7-5-3-1-2-4-6(5)8(9)10/h3-5H2,1-2H3;1-4H. The Kier molecular flexibility index (Phi) is 5.79. The molecule has 0 aliphatic heterocycles. The van der Waals surface area contributed by atoms with Gasteiger partial charge in [-0.05, 0) is 34.1 Å². The van der Waals surface area contributed by atoms with Gasteiger partial charge >= 0.3 is 0 Å². The van der Waals surface area contributed by atoms with Crippen molar-refractivity contribution in [2.24, 2.45) is 5.41 Å². The van der Waals surface area contributed by atoms with Crippen molar-refractivity contribution in [1.29, 1.82) is 0 Å². The van der Waals surface area contributed by atoms with Crippen molar-refractivity contribution in [3.05, 3.63) is 37.9 Å². The number of carbonyl (C=O) groups excluding carboxylic acids is 2. The molecule has 1 saturated carbocycles. The number of rotatable bonds is 1. The smallest absolute Gasteiger partial charge is 0.282 e. The second-order valence-corrected chi connectivity index (χ2v) is 6.64. The minimum absolute atomic E-state index is 0.0770. The molecule has 0 aromatic heterocycles. The molecule has 1 aromatic rings. The quantitative estimate of drug-likeness (QED) is 0.319. The fourth-order valence-corrected chi connectivity index (χ4v) is 2.66. The van der Waals surface area contributed by atoms with Crippen LogP contribution in [0.4, 0.5) is 5.69 Å². The SMILES string of the molecule is CC1(C)CC(=O)CC(=O)C1.O=[N+]([O-])c1ccccc1I. The molecule has 1 aliphatic carbocycles. The lowest BCUT2D eigenvalue weighted by atomic mass is 9.76. The zero-order valence-corrected chi connectivity index (χ0v) is 13.5. The molecule has 0 unspecified atom stereocenters. The second kappa shape index (κ2) is 6.92. The van der Waals surface area contributed by atoms with Crippen molar-refractivity contribution in [1.82, 2.24) is 0 Å². The van der Waals surface area contributed by atoms with Gasteiger partial charge in [-0.2, -0.15) is 0 Å². The minimum atomic E-state index is -0.387. The predicted molar refractivity (Wildman–Crippen MR) is 83.5 cm³/mol. The Labute approximate surface area is 131 Å². The monoisotopic (exact) mass is 389 g/mol. The Hall–Kier alpha value is -1.31. The molecular formula is C14H16INO4. The molecule has 20 heavy (non-hydrogen) atoms. The highest BCUT2D eigenvalue weighted by atomic mass is 127. The summed E-state index contributed by atoms with van der Waals surface area (Å²) in [4.78, 5) is 31.6. The summed E-state index contributed by atoms with van der Waals surface area (Å²) < 4.78 is 0.671. The summed E-state index contributed by atoms with van der Waals surface area (Å²) in [5.74, 6) is 0.197. The Morgan fingerprint density at radius 2 is 1.65 bits per heavy atom. The molecule has 0 bridgehead atoms. The molecule has 0 N–H and O–H groups in total. The highest BCUT2D eigenvalue weighted by Gasteiger charge is 2.31. The zero-order chi connectivity index (χ0) is 15.3. The van der Waals surface area contributed by atoms with E-state index in [2.05, 4.69) is 0 Å². The van der Waals surface area contributed by atoms with Gasteiger partial charge in [-0.25, -0.2) is 0 Å². The van der Waals surface area contributed by atoms with Gasteiger partial charge in [-0.15, -0.1) is 0 Å². The van der Waals surface area contributed by atoms with Gasteiger partial charge in [-0.3, -0.25) is 19.7 Å². The van der Waals surface area contributed by atoms with Crippen molar-refractivity contribution < 1.29 is 14.5 Å². The van der Waals surface area contributed by atoms with Crippen LogP contribution in [0.3, 0.4) is 0 Å². The van der Waals surface area contributed by atoms with Crippen LogP contribution in [-0.4, -0.2) is 16.5 Å². The lowest BCUT2D eigenvalue weighted by Crippen LogP contribution is -2.28. The molecule has 1 fully saturated rings. The second-order valence-electron chi connectivity index (χ2n) is 5.48. The molecule has 0 amide bonds. The summed E-state index contributed by atoms with van der Waals surface area (Å²) in [5.41, 5.74) is 0.0926. The molecule has 1 aliphatic rings. The van der Waals surface area contributed by atoms with Crippen LogP contribution in [0.2, 0.25) is 0 Å². The molecule has 0 atom stereocenters. The number of para-hydroxylation sites is 1. The van der Waals surface area contributed by atoms with E-state index in [0.29, 0.717) is 16.4 Å². The molecule has 0 radical (unpaired) electrons. The largest absolute Gasteiger partial charge is 0.299 e. The van der Waals surface area contributed by atoms with Crippen molar-refractivity contribution >= 4 is 39.8 Å². The van der Waals surface area contributed by atoms with Crippen LogP contribution in [0.1, 0.15) is 33.1 Å². The third-order valence-electron chi connectivity index (χ3n) is 2.79. The number of ketones is 2. The van der Waals surface area contributed by atoms with Gasteiger partial charge in [0.1, 0.15) is 11.6 Å². The summed E-state index contributed by atoms with van der Waals surface area (Å²) in [6.45, 7) is 3.92. The Morgan fingerprint density at radius 3 is 2.00 bits per heavy atom. The lowest BCUT2D eigenvalue weighted by molar-refractivity contribution is -0.385. The van der Waals surface area contributed by atoms with Crippen LogP contribution in [0.5, 0.6) is 0 Å². The van der Waals surface area contributed by atoms with Crippen LogP contribution in [0.15, 0.2) is 24.3 Å². The number of benzene rings is 1. The van der Waals surface area contributed by atoms with Crippen molar-refractivity contribution in [3.63, 3.8) is 0 Å². The predicted octanol–water partition coefficient (Wildman–Crippen LogP) is 3.53. The highest BCUT2D eigenvalue weighted by molar-refractivity contribution is 14.1. The summed E-state index contributed by atoms with van der Waals surface area (Å²) in [7, 11) is 0. The average molecular weight is 389 g/mol. The van der Waals surface area contributed by atoms with E-state index in [-0.39, 0.29) is 34.0 Å². The van der Waals surface area contributed by atoms with E-state index in [9.17, 15) is 19.7 Å². The van der Waals surface area contributed by atoms with Crippen molar-refractivity contribution in [2.45, 2.75) is 33.1 Å². The zero-order valence-electron chi connectivity index (χ0n) is 11.4. The molecule has 0 spiro atoms. The van der Waals surface area contributed by atoms with E-state index in [1.165, 1.54) is 6.07 Å². The van der Waals surface area contributed by atoms with Crippen molar-refractivity contribution in [2.75, 3.05) is 0 Å². The molecular weight excluding hydrogens is 373 g/mol. The summed E-state index contributed by atoms with van der Waals surface area (Å²) >= 11 is 1.93. The van der Waals surface area contributed by atoms with Crippen LogP contribution < -0.4 is 0 Å². The lowest BCUT2D eigenvalue weighted by Gasteiger charge is -2.26. The Bertz CT molecular complexity index is 522. The first-order chi connectivity index (χ1) is 9.21. The van der Waals surface area contributed by atoms with Gasteiger partial charge in [-0.1, -0.05) is 26.0 Å². The summed E-state index contributed by atoms with van der Waals surface area (Å²) in [6, 6.07) is 6.62. The van der Waals surface area contributed by atoms with Gasteiger partial charge in [0.05, 0.1) is 14.9 Å². The number of Topliss-reactive ketones (excluding diaryl/α,β-unsaturated/α-hetero) is 2. The fraction of sp³-hybridized carbons (Fsp3) is 0.429. The molecule has 6 heteroatoms. The summed E-state index contributed by atoms with van der Waals surface area (Å²) in [6.07, 6.45) is 1.31. The average Bonchev–Trinajstić information content (AvgIpc) is 2.26. The fourth-order valence-electron chi connectivity index (χ4n) is 2.07. The van der Waals surface area contributed by atoms with E-state index < -0.39 is 0 Å². The van der Waals surface area contributed by atoms with Crippen LogP contribution in [0.25, 0.3) is 0 Å². The number of nitro groups is 1. The maximum atomic E-state index is 10.9. The number of hydrogen-bond acceptors (Lipinski definition) is 4. The third-order valence-corrected chi connectivity index (χ3v) is 3.71. The number of halogens is 1. The van der Waals surface area contributed by atoms with Gasteiger partial charge in [0.15, 0.2) is 0 Å². The van der Waals surface area contributed by atoms with Gasteiger partial charge < -0.3 is 0 Å². The number of carbonyl (C=O) groups is 2. The maximum absolute atomic E-state index is 10.9. The van der Waals surface area contributed by atoms with E-state index in [4.69, 9.17) is 0 Å². The van der Waals surface area contributed by atoms with E-state index in [1.807, 2.05) is 36.4 Å². The molecule has 0 heterocycles. The van der Waals surface area contributed by atoms with Crippen LogP contribution >= 0.6 is 22.6 Å². The van der Waals surface area contributed by atoms with Gasteiger partial charge in [0.25, 0.3) is 5.69 Å².